The molecule has 1 aliphatic carbocycles. The summed E-state index contributed by atoms with van der Waals surface area (Å²) >= 11 is 0. The summed E-state index contributed by atoms with van der Waals surface area (Å²) in [5, 5.41) is 4.83. The lowest BCUT2D eigenvalue weighted by Crippen LogP contribution is -2.36. The molecule has 0 saturated heterocycles. The Kier molecular flexibility index (Phi) is 6.62. The molecule has 0 bridgehead atoms. The van der Waals surface area contributed by atoms with Crippen molar-refractivity contribution in [2.45, 2.75) is 18.2 Å². The van der Waals surface area contributed by atoms with Gasteiger partial charge in [0.25, 0.3) is 0 Å². The fraction of sp³-hybridized carbons (Fsp3) is 0.0667. The molecular formula is C45H32N4O. The Balaban J connectivity index is 1.02. The van der Waals surface area contributed by atoms with E-state index in [1.165, 1.54) is 38.9 Å². The lowest BCUT2D eigenvalue weighted by Gasteiger charge is -2.23. The van der Waals surface area contributed by atoms with E-state index in [2.05, 4.69) is 155 Å². The van der Waals surface area contributed by atoms with Gasteiger partial charge >= 0.3 is 0 Å². The topological polar surface area (TPSA) is 50.9 Å². The molecule has 6 aromatic carbocycles. The first kappa shape index (κ1) is 28.5. The second-order valence-corrected chi connectivity index (χ2v) is 13.0. The van der Waals surface area contributed by atoms with E-state index in [1.54, 1.807) is 0 Å². The van der Waals surface area contributed by atoms with Crippen LogP contribution in [0.1, 0.15) is 51.7 Å². The SMILES string of the molecule is C1=CC2c3cc(C4=NC(c5ccccc5)N=C(c5ccc(-c6ccccc6)cc5)N4)ccc3OC2c2c1n(-c1ccccc1)c1ccccc21. The maximum atomic E-state index is 6.82. The van der Waals surface area contributed by atoms with Crippen LogP contribution in [0, 0.1) is 0 Å². The number of rotatable bonds is 5. The summed E-state index contributed by atoms with van der Waals surface area (Å²) in [6.07, 6.45) is 4.11. The molecule has 50 heavy (non-hydrogen) atoms. The van der Waals surface area contributed by atoms with Crippen molar-refractivity contribution in [1.29, 1.82) is 0 Å². The molecule has 0 amide bonds. The van der Waals surface area contributed by atoms with Crippen molar-refractivity contribution in [3.8, 4) is 22.6 Å². The molecule has 10 rings (SSSR count). The zero-order chi connectivity index (χ0) is 33.0. The first-order valence-corrected chi connectivity index (χ1v) is 17.1. The lowest BCUT2D eigenvalue weighted by molar-refractivity contribution is 0.224. The number of nitrogens with zero attached hydrogens (tertiary/aromatic N) is 3. The number of nitrogens with one attached hydrogen (secondary N) is 1. The van der Waals surface area contributed by atoms with Gasteiger partial charge in [0.2, 0.25) is 0 Å². The first-order chi connectivity index (χ1) is 24.8. The Morgan fingerprint density at radius 3 is 1.98 bits per heavy atom. The van der Waals surface area contributed by atoms with Crippen LogP contribution in [0.4, 0.5) is 0 Å². The molecule has 3 unspecified atom stereocenters. The highest BCUT2D eigenvalue weighted by atomic mass is 16.5. The summed E-state index contributed by atoms with van der Waals surface area (Å²) in [6, 6.07) is 55.0. The molecule has 5 heteroatoms. The van der Waals surface area contributed by atoms with Gasteiger partial charge in [-0.3, -0.25) is 0 Å². The van der Waals surface area contributed by atoms with Gasteiger partial charge in [0.15, 0.2) is 6.17 Å². The van der Waals surface area contributed by atoms with E-state index in [9.17, 15) is 0 Å². The van der Waals surface area contributed by atoms with Gasteiger partial charge < -0.3 is 14.6 Å². The van der Waals surface area contributed by atoms with Crippen LogP contribution >= 0.6 is 0 Å². The molecule has 3 aliphatic rings. The monoisotopic (exact) mass is 644 g/mol. The highest BCUT2D eigenvalue weighted by molar-refractivity contribution is 6.16. The van der Waals surface area contributed by atoms with E-state index in [1.807, 2.05) is 24.3 Å². The quantitative estimate of drug-likeness (QED) is 0.203. The first-order valence-electron chi connectivity index (χ1n) is 17.1. The van der Waals surface area contributed by atoms with E-state index in [0.29, 0.717) is 0 Å². The van der Waals surface area contributed by atoms with Crippen molar-refractivity contribution in [3.05, 3.63) is 197 Å². The number of hydrogen-bond acceptors (Lipinski definition) is 4. The third-order valence-corrected chi connectivity index (χ3v) is 10.0. The Hall–Kier alpha value is -6.46. The molecule has 0 saturated carbocycles. The van der Waals surface area contributed by atoms with Crippen LogP contribution in [-0.2, 0) is 0 Å². The number of benzene rings is 6. The second-order valence-electron chi connectivity index (χ2n) is 13.0. The Morgan fingerprint density at radius 1 is 0.580 bits per heavy atom. The van der Waals surface area contributed by atoms with Gasteiger partial charge in [0, 0.05) is 39.2 Å². The molecule has 7 aromatic rings. The molecule has 0 radical (unpaired) electrons. The van der Waals surface area contributed by atoms with E-state index in [0.717, 1.165) is 39.8 Å². The average Bonchev–Trinajstić information content (AvgIpc) is 3.74. The number of para-hydroxylation sites is 2. The van der Waals surface area contributed by atoms with Gasteiger partial charge in [-0.25, -0.2) is 9.98 Å². The van der Waals surface area contributed by atoms with Crippen molar-refractivity contribution in [2.24, 2.45) is 9.98 Å². The number of hydrogen-bond donors (Lipinski definition) is 1. The van der Waals surface area contributed by atoms with Crippen LogP contribution in [0.15, 0.2) is 174 Å². The number of aromatic nitrogens is 1. The molecule has 3 atom stereocenters. The van der Waals surface area contributed by atoms with Crippen molar-refractivity contribution in [2.75, 3.05) is 0 Å². The predicted molar refractivity (Wildman–Crippen MR) is 202 cm³/mol. The summed E-state index contributed by atoms with van der Waals surface area (Å²) in [5.41, 5.74) is 11.3. The minimum Gasteiger partial charge on any atom is -0.484 e. The van der Waals surface area contributed by atoms with Gasteiger partial charge in [-0.1, -0.05) is 127 Å². The lowest BCUT2D eigenvalue weighted by atomic mass is 9.85. The second kappa shape index (κ2) is 11.6. The minimum atomic E-state index is -0.366. The summed E-state index contributed by atoms with van der Waals surface area (Å²) in [6.45, 7) is 0. The Morgan fingerprint density at radius 2 is 1.20 bits per heavy atom. The molecule has 1 N–H and O–H groups in total. The smallest absolute Gasteiger partial charge is 0.169 e. The Labute approximate surface area is 290 Å². The van der Waals surface area contributed by atoms with Crippen LogP contribution in [0.2, 0.25) is 0 Å². The number of amidine groups is 2. The van der Waals surface area contributed by atoms with Crippen molar-refractivity contribution >= 4 is 28.7 Å². The summed E-state index contributed by atoms with van der Waals surface area (Å²) in [7, 11) is 0. The molecule has 5 nitrogen and oxygen atoms in total. The fourth-order valence-electron chi connectivity index (χ4n) is 7.65. The number of ether oxygens (including phenoxy) is 1. The fourth-order valence-corrected chi connectivity index (χ4v) is 7.65. The maximum absolute atomic E-state index is 6.82. The zero-order valence-corrected chi connectivity index (χ0v) is 27.1. The minimum absolute atomic E-state index is 0.0836. The summed E-state index contributed by atoms with van der Waals surface area (Å²) in [5.74, 6) is 2.59. The molecule has 2 aliphatic heterocycles. The van der Waals surface area contributed by atoms with Gasteiger partial charge in [-0.05, 0) is 59.2 Å². The molecule has 238 valence electrons. The summed E-state index contributed by atoms with van der Waals surface area (Å²) in [4.78, 5) is 10.3. The molecule has 0 fully saturated rings. The predicted octanol–water partition coefficient (Wildman–Crippen LogP) is 10.0. The third kappa shape index (κ3) is 4.70. The van der Waals surface area contributed by atoms with Crippen molar-refractivity contribution < 1.29 is 4.74 Å². The zero-order valence-electron chi connectivity index (χ0n) is 27.1. The maximum Gasteiger partial charge on any atom is 0.169 e. The average molecular weight is 645 g/mol. The van der Waals surface area contributed by atoms with Crippen molar-refractivity contribution in [3.63, 3.8) is 0 Å². The third-order valence-electron chi connectivity index (χ3n) is 10.0. The molecular weight excluding hydrogens is 613 g/mol. The van der Waals surface area contributed by atoms with Crippen LogP contribution in [0.25, 0.3) is 33.8 Å². The van der Waals surface area contributed by atoms with Gasteiger partial charge in [0.05, 0.1) is 11.2 Å². The van der Waals surface area contributed by atoms with Crippen LogP contribution in [0.5, 0.6) is 5.75 Å². The number of fused-ring (bicyclic) bond motifs is 7. The molecule has 3 heterocycles. The van der Waals surface area contributed by atoms with E-state index >= 15 is 0 Å². The van der Waals surface area contributed by atoms with Gasteiger partial charge in [-0.2, -0.15) is 0 Å². The highest BCUT2D eigenvalue weighted by Gasteiger charge is 2.40. The Bertz CT molecular complexity index is 2480. The van der Waals surface area contributed by atoms with E-state index < -0.39 is 0 Å². The van der Waals surface area contributed by atoms with Crippen LogP contribution in [0.3, 0.4) is 0 Å². The number of aliphatic imine (C=N–C) groups is 2. The highest BCUT2D eigenvalue weighted by Crippen LogP contribution is 2.53. The largest absolute Gasteiger partial charge is 0.484 e. The van der Waals surface area contributed by atoms with Gasteiger partial charge in [0.1, 0.15) is 23.5 Å². The van der Waals surface area contributed by atoms with Gasteiger partial charge in [-0.15, -0.1) is 0 Å². The van der Waals surface area contributed by atoms with E-state index in [-0.39, 0.29) is 18.2 Å². The van der Waals surface area contributed by atoms with Crippen LogP contribution < -0.4 is 10.1 Å². The van der Waals surface area contributed by atoms with Crippen molar-refractivity contribution in [1.82, 2.24) is 9.88 Å². The van der Waals surface area contributed by atoms with E-state index in [4.69, 9.17) is 14.7 Å². The molecule has 0 spiro atoms. The van der Waals surface area contributed by atoms with Crippen LogP contribution in [-0.4, -0.2) is 16.2 Å². The normalized spacial score (nSPS) is 18.7. The molecule has 1 aromatic heterocycles. The summed E-state index contributed by atoms with van der Waals surface area (Å²) < 4.78 is 9.17. The standard InChI is InChI=1S/C45H32N4O/c1-4-12-29(13-5-1)30-20-22-32(23-21-30)44-46-43(31-14-6-2-7-15-31)47-45(48-44)33-24-27-40-37(28-33)35-25-26-39-41(42(35)50-40)36-18-10-11-19-38(36)49(39)34-16-8-3-9-17-34/h1-28,35,42-43H,(H,46,47,48).